The number of piperidine rings is 2. The van der Waals surface area contributed by atoms with Gasteiger partial charge >= 0.3 is 5.97 Å². The maximum absolute atomic E-state index is 12.8. The zero-order valence-corrected chi connectivity index (χ0v) is 18.3. The molecule has 6 nitrogen and oxygen atoms in total. The largest absolute Gasteiger partial charge is 0.484 e. The van der Waals surface area contributed by atoms with E-state index in [0.29, 0.717) is 37.8 Å². The van der Waals surface area contributed by atoms with Gasteiger partial charge in [0.05, 0.1) is 6.61 Å². The van der Waals surface area contributed by atoms with E-state index in [1.54, 1.807) is 0 Å². The van der Waals surface area contributed by atoms with Gasteiger partial charge in [0.2, 0.25) is 0 Å². The second kappa shape index (κ2) is 11.9. The number of para-hydroxylation sites is 1. The molecule has 2 aliphatic heterocycles. The summed E-state index contributed by atoms with van der Waals surface area (Å²) in [6.45, 7) is 7.10. The molecule has 0 spiro atoms. The third-order valence-corrected chi connectivity index (χ3v) is 6.35. The van der Waals surface area contributed by atoms with Gasteiger partial charge in [-0.05, 0) is 76.2 Å². The van der Waals surface area contributed by atoms with Crippen LogP contribution >= 0.6 is 0 Å². The van der Waals surface area contributed by atoms with Crippen LogP contribution in [0.15, 0.2) is 30.3 Å². The lowest BCUT2D eigenvalue weighted by Gasteiger charge is -2.39. The first-order valence-electron chi connectivity index (χ1n) is 11.5. The molecule has 1 aromatic rings. The van der Waals surface area contributed by atoms with Gasteiger partial charge in [0.15, 0.2) is 6.61 Å². The van der Waals surface area contributed by atoms with Gasteiger partial charge in [0.1, 0.15) is 5.75 Å². The Balaban J connectivity index is 1.54. The molecule has 0 aromatic heterocycles. The monoisotopic (exact) mass is 416 g/mol. The lowest BCUT2D eigenvalue weighted by atomic mass is 9.81. The van der Waals surface area contributed by atoms with Crippen molar-refractivity contribution in [2.24, 2.45) is 11.8 Å². The highest BCUT2D eigenvalue weighted by molar-refractivity contribution is 5.78. The molecule has 2 fully saturated rings. The Morgan fingerprint density at radius 1 is 1.03 bits per heavy atom. The van der Waals surface area contributed by atoms with Gasteiger partial charge in [-0.1, -0.05) is 24.6 Å². The van der Waals surface area contributed by atoms with Crippen molar-refractivity contribution in [1.82, 2.24) is 9.80 Å². The molecule has 0 radical (unpaired) electrons. The van der Waals surface area contributed by atoms with Crippen molar-refractivity contribution in [3.05, 3.63) is 30.3 Å². The van der Waals surface area contributed by atoms with E-state index in [9.17, 15) is 9.59 Å². The zero-order chi connectivity index (χ0) is 21.2. The quantitative estimate of drug-likeness (QED) is 0.578. The highest BCUT2D eigenvalue weighted by atomic mass is 16.5. The predicted octanol–water partition coefficient (Wildman–Crippen LogP) is 3.36. The van der Waals surface area contributed by atoms with Crippen LogP contribution in [-0.4, -0.2) is 67.6 Å². The maximum atomic E-state index is 12.8. The van der Waals surface area contributed by atoms with Gasteiger partial charge in [0, 0.05) is 19.5 Å². The van der Waals surface area contributed by atoms with Crippen molar-refractivity contribution in [1.29, 1.82) is 0 Å². The maximum Gasteiger partial charge on any atom is 0.306 e. The van der Waals surface area contributed by atoms with Crippen LogP contribution < -0.4 is 4.74 Å². The number of hydrogen-bond donors (Lipinski definition) is 0. The van der Waals surface area contributed by atoms with Gasteiger partial charge in [-0.2, -0.15) is 0 Å². The van der Waals surface area contributed by atoms with Crippen LogP contribution in [0.1, 0.15) is 45.4 Å². The highest BCUT2D eigenvalue weighted by Crippen LogP contribution is 2.30. The normalized spacial score (nSPS) is 22.5. The number of ether oxygens (including phenoxy) is 2. The first kappa shape index (κ1) is 22.6. The van der Waals surface area contributed by atoms with E-state index in [0.717, 1.165) is 19.4 Å². The molecule has 2 heterocycles. The molecule has 1 amide bonds. The summed E-state index contributed by atoms with van der Waals surface area (Å²) in [4.78, 5) is 29.3. The van der Waals surface area contributed by atoms with Crippen molar-refractivity contribution in [3.63, 3.8) is 0 Å². The van der Waals surface area contributed by atoms with Gasteiger partial charge in [-0.25, -0.2) is 0 Å². The molecule has 166 valence electrons. The van der Waals surface area contributed by atoms with Gasteiger partial charge in [-0.15, -0.1) is 0 Å². The van der Waals surface area contributed by atoms with Gasteiger partial charge < -0.3 is 19.3 Å². The summed E-state index contributed by atoms with van der Waals surface area (Å²) < 4.78 is 10.9. The number of nitrogens with zero attached hydrogens (tertiary/aromatic N) is 2. The Labute approximate surface area is 180 Å². The number of amides is 1. The number of esters is 1. The van der Waals surface area contributed by atoms with Crippen LogP contribution in [0.5, 0.6) is 5.75 Å². The summed E-state index contributed by atoms with van der Waals surface area (Å²) in [6.07, 6.45) is 6.21. The van der Waals surface area contributed by atoms with E-state index >= 15 is 0 Å². The van der Waals surface area contributed by atoms with Crippen molar-refractivity contribution in [2.75, 3.05) is 45.9 Å². The van der Waals surface area contributed by atoms with Crippen LogP contribution in [0.2, 0.25) is 0 Å². The lowest BCUT2D eigenvalue weighted by molar-refractivity contribution is -0.145. The fourth-order valence-electron chi connectivity index (χ4n) is 4.62. The van der Waals surface area contributed by atoms with E-state index in [4.69, 9.17) is 9.47 Å². The zero-order valence-electron chi connectivity index (χ0n) is 18.3. The van der Waals surface area contributed by atoms with Crippen LogP contribution in [0, 0.1) is 11.8 Å². The summed E-state index contributed by atoms with van der Waals surface area (Å²) in [5.41, 5.74) is 0. The molecule has 0 unspecified atom stereocenters. The summed E-state index contributed by atoms with van der Waals surface area (Å²) in [5, 5.41) is 0. The lowest BCUT2D eigenvalue weighted by Crippen LogP contribution is -2.47. The summed E-state index contributed by atoms with van der Waals surface area (Å²) in [6, 6.07) is 9.45. The molecular formula is C24H36N2O4. The van der Waals surface area contributed by atoms with Crippen LogP contribution in [0.4, 0.5) is 0 Å². The molecule has 0 N–H and O–H groups in total. The minimum Gasteiger partial charge on any atom is -0.484 e. The van der Waals surface area contributed by atoms with Crippen LogP contribution in [0.25, 0.3) is 0 Å². The Morgan fingerprint density at radius 2 is 1.80 bits per heavy atom. The number of carbonyl (C=O) groups is 2. The summed E-state index contributed by atoms with van der Waals surface area (Å²) in [5.74, 6) is 1.23. The van der Waals surface area contributed by atoms with E-state index in [1.807, 2.05) is 42.2 Å². The van der Waals surface area contributed by atoms with E-state index in [1.165, 1.54) is 32.4 Å². The average molecular weight is 417 g/mol. The molecule has 30 heavy (non-hydrogen) atoms. The first-order chi connectivity index (χ1) is 14.7. The molecule has 0 bridgehead atoms. The van der Waals surface area contributed by atoms with Crippen molar-refractivity contribution >= 4 is 11.9 Å². The fraction of sp³-hybridized carbons (Fsp3) is 0.667. The smallest absolute Gasteiger partial charge is 0.306 e. The van der Waals surface area contributed by atoms with Gasteiger partial charge in [0.25, 0.3) is 5.91 Å². The van der Waals surface area contributed by atoms with Crippen LogP contribution in [-0.2, 0) is 14.3 Å². The fourth-order valence-corrected chi connectivity index (χ4v) is 4.62. The van der Waals surface area contributed by atoms with Crippen LogP contribution in [0.3, 0.4) is 0 Å². The first-order valence-corrected chi connectivity index (χ1v) is 11.5. The standard InChI is InChI=1S/C24H36N2O4/c1-2-29-24(28)17-20-12-16-26(23(27)19-30-22-9-5-3-6-10-22)18-21(20)11-15-25-13-7-4-8-14-25/h3,5-6,9-10,20-21H,2,4,7-8,11-19H2,1H3/t20-,21+/m1/s1. The topological polar surface area (TPSA) is 59.1 Å². The number of carbonyl (C=O) groups excluding carboxylic acids is 2. The Bertz CT molecular complexity index is 660. The SMILES string of the molecule is CCOC(=O)C[C@H]1CCN(C(=O)COc2ccccc2)C[C@@H]1CCN1CCCCC1. The molecule has 6 heteroatoms. The minimum absolute atomic E-state index is 0.0245. The summed E-state index contributed by atoms with van der Waals surface area (Å²) in [7, 11) is 0. The number of rotatable bonds is 9. The second-order valence-electron chi connectivity index (χ2n) is 8.45. The molecule has 0 saturated carbocycles. The van der Waals surface area contributed by atoms with E-state index in [2.05, 4.69) is 4.90 Å². The predicted molar refractivity (Wildman–Crippen MR) is 116 cm³/mol. The molecule has 0 aliphatic carbocycles. The third-order valence-electron chi connectivity index (χ3n) is 6.35. The Morgan fingerprint density at radius 3 is 2.53 bits per heavy atom. The molecular weight excluding hydrogens is 380 g/mol. The molecule has 2 saturated heterocycles. The average Bonchev–Trinajstić information content (AvgIpc) is 2.78. The van der Waals surface area contributed by atoms with E-state index in [-0.39, 0.29) is 24.4 Å². The number of hydrogen-bond acceptors (Lipinski definition) is 5. The van der Waals surface area contributed by atoms with Crippen molar-refractivity contribution in [2.45, 2.75) is 45.4 Å². The highest BCUT2D eigenvalue weighted by Gasteiger charge is 2.33. The molecule has 1 aromatic carbocycles. The minimum atomic E-state index is -0.113. The number of likely N-dealkylation sites (tertiary alicyclic amines) is 2. The molecule has 2 aliphatic rings. The second-order valence-corrected chi connectivity index (χ2v) is 8.45. The molecule has 2 atom stereocenters. The summed E-state index contributed by atoms with van der Waals surface area (Å²) >= 11 is 0. The van der Waals surface area contributed by atoms with Gasteiger partial charge in [-0.3, -0.25) is 9.59 Å². The number of benzene rings is 1. The van der Waals surface area contributed by atoms with E-state index < -0.39 is 0 Å². The third kappa shape index (κ3) is 7.01. The van der Waals surface area contributed by atoms with Crippen molar-refractivity contribution in [3.8, 4) is 5.75 Å². The Hall–Kier alpha value is -2.08. The van der Waals surface area contributed by atoms with Crippen molar-refractivity contribution < 1.29 is 19.1 Å². The Kier molecular flexibility index (Phi) is 9.00. The molecule has 3 rings (SSSR count).